The van der Waals surface area contributed by atoms with Crippen molar-refractivity contribution in [1.29, 1.82) is 0 Å². The number of halogens is 1. The minimum Gasteiger partial charge on any atom is -0.453 e. The molecule has 1 amide bonds. The Balaban J connectivity index is 2.88. The van der Waals surface area contributed by atoms with Crippen molar-refractivity contribution in [3.8, 4) is 0 Å². The van der Waals surface area contributed by atoms with Crippen LogP contribution in [0.4, 0.5) is 9.18 Å². The van der Waals surface area contributed by atoms with Crippen molar-refractivity contribution in [2.75, 3.05) is 20.8 Å². The van der Waals surface area contributed by atoms with E-state index in [0.29, 0.717) is 5.56 Å². The number of hydrogen-bond acceptors (Lipinski definition) is 3. The number of ether oxygens (including phenoxy) is 2. The third kappa shape index (κ3) is 3.17. The molecule has 0 aliphatic rings. The molecule has 17 heavy (non-hydrogen) atoms. The average Bonchev–Trinajstić information content (AvgIpc) is 2.36. The van der Waals surface area contributed by atoms with E-state index < -0.39 is 11.7 Å². The summed E-state index contributed by atoms with van der Waals surface area (Å²) in [5, 5.41) is 2.50. The molecule has 1 aromatic carbocycles. The van der Waals surface area contributed by atoms with Gasteiger partial charge in [0.15, 0.2) is 0 Å². The number of alkyl carbamates (subject to hydrolysis) is 1. The lowest BCUT2D eigenvalue weighted by atomic mass is 9.95. The van der Waals surface area contributed by atoms with E-state index >= 15 is 0 Å². The summed E-state index contributed by atoms with van der Waals surface area (Å²) in [5.41, 5.74) is -0.543. The van der Waals surface area contributed by atoms with E-state index in [4.69, 9.17) is 4.74 Å². The fraction of sp³-hybridized carbons (Fsp3) is 0.417. The van der Waals surface area contributed by atoms with Crippen molar-refractivity contribution in [1.82, 2.24) is 5.32 Å². The van der Waals surface area contributed by atoms with Crippen molar-refractivity contribution in [2.45, 2.75) is 12.5 Å². The highest BCUT2D eigenvalue weighted by molar-refractivity contribution is 5.67. The zero-order valence-corrected chi connectivity index (χ0v) is 10.1. The highest BCUT2D eigenvalue weighted by Gasteiger charge is 2.29. The third-order valence-electron chi connectivity index (χ3n) is 2.65. The molecule has 0 bridgehead atoms. The molecule has 1 unspecified atom stereocenters. The van der Waals surface area contributed by atoms with Gasteiger partial charge in [-0.2, -0.15) is 0 Å². The van der Waals surface area contributed by atoms with Crippen LogP contribution in [0.3, 0.4) is 0 Å². The second kappa shape index (κ2) is 5.63. The zero-order valence-electron chi connectivity index (χ0n) is 10.1. The molecule has 0 saturated carbocycles. The zero-order chi connectivity index (χ0) is 12.9. The molecule has 0 aliphatic carbocycles. The Morgan fingerprint density at radius 2 is 2.06 bits per heavy atom. The summed E-state index contributed by atoms with van der Waals surface area (Å²) in [6.45, 7) is 1.82. The lowest BCUT2D eigenvalue weighted by Gasteiger charge is -2.29. The molecule has 4 nitrogen and oxygen atoms in total. The van der Waals surface area contributed by atoms with E-state index in [1.54, 1.807) is 25.1 Å². The van der Waals surface area contributed by atoms with Gasteiger partial charge in [-0.3, -0.25) is 0 Å². The second-order valence-electron chi connectivity index (χ2n) is 3.76. The fourth-order valence-corrected chi connectivity index (χ4v) is 1.48. The predicted molar refractivity (Wildman–Crippen MR) is 61.2 cm³/mol. The molecule has 1 N–H and O–H groups in total. The van der Waals surface area contributed by atoms with Crippen LogP contribution in [0.2, 0.25) is 0 Å². The summed E-state index contributed by atoms with van der Waals surface area (Å²) in [5.74, 6) is -0.372. The predicted octanol–water partition coefficient (Wildman–Crippen LogP) is 2.04. The normalized spacial score (nSPS) is 13.9. The van der Waals surface area contributed by atoms with E-state index in [0.717, 1.165) is 0 Å². The van der Waals surface area contributed by atoms with Crippen LogP contribution in [0.5, 0.6) is 0 Å². The highest BCUT2D eigenvalue weighted by Crippen LogP contribution is 2.26. The van der Waals surface area contributed by atoms with Crippen LogP contribution in [-0.4, -0.2) is 26.9 Å². The standard InChI is InChI=1S/C12H16FNO3/c1-12(17-3,8-14-11(15)16-2)9-6-4-5-7-10(9)13/h4-7H,8H2,1-3H3,(H,14,15). The molecular formula is C12H16FNO3. The monoisotopic (exact) mass is 241 g/mol. The van der Waals surface area contributed by atoms with E-state index in [9.17, 15) is 9.18 Å². The van der Waals surface area contributed by atoms with Crippen molar-refractivity contribution in [3.63, 3.8) is 0 Å². The van der Waals surface area contributed by atoms with Gasteiger partial charge in [0.05, 0.1) is 13.7 Å². The summed E-state index contributed by atoms with van der Waals surface area (Å²) in [6.07, 6.45) is -0.579. The van der Waals surface area contributed by atoms with Crippen LogP contribution in [0.1, 0.15) is 12.5 Å². The third-order valence-corrected chi connectivity index (χ3v) is 2.65. The quantitative estimate of drug-likeness (QED) is 0.877. The summed E-state index contributed by atoms with van der Waals surface area (Å²) >= 11 is 0. The van der Waals surface area contributed by atoms with Crippen molar-refractivity contribution in [3.05, 3.63) is 35.6 Å². The maximum absolute atomic E-state index is 13.7. The van der Waals surface area contributed by atoms with Gasteiger partial charge in [0.1, 0.15) is 11.4 Å². The molecule has 1 atom stereocenters. The Bertz CT molecular complexity index is 397. The topological polar surface area (TPSA) is 47.6 Å². The molecular weight excluding hydrogens is 225 g/mol. The van der Waals surface area contributed by atoms with Crippen molar-refractivity contribution in [2.24, 2.45) is 0 Å². The molecule has 0 spiro atoms. The van der Waals surface area contributed by atoms with Gasteiger partial charge in [-0.1, -0.05) is 18.2 Å². The van der Waals surface area contributed by atoms with E-state index in [1.807, 2.05) is 0 Å². The molecule has 0 radical (unpaired) electrons. The van der Waals surface area contributed by atoms with E-state index in [1.165, 1.54) is 20.3 Å². The first-order chi connectivity index (χ1) is 8.03. The largest absolute Gasteiger partial charge is 0.453 e. The maximum atomic E-state index is 13.7. The highest BCUT2D eigenvalue weighted by atomic mass is 19.1. The van der Waals surface area contributed by atoms with Crippen molar-refractivity contribution < 1.29 is 18.7 Å². The van der Waals surface area contributed by atoms with Gasteiger partial charge in [0.25, 0.3) is 0 Å². The van der Waals surface area contributed by atoms with Gasteiger partial charge >= 0.3 is 6.09 Å². The molecule has 0 fully saturated rings. The first-order valence-electron chi connectivity index (χ1n) is 5.15. The van der Waals surface area contributed by atoms with E-state index in [-0.39, 0.29) is 12.4 Å². The van der Waals surface area contributed by atoms with Gasteiger partial charge < -0.3 is 14.8 Å². The van der Waals surface area contributed by atoms with Gasteiger partial charge in [-0.05, 0) is 13.0 Å². The Morgan fingerprint density at radius 3 is 2.59 bits per heavy atom. The molecule has 0 aromatic heterocycles. The number of rotatable bonds is 4. The van der Waals surface area contributed by atoms with Crippen LogP contribution in [0.15, 0.2) is 24.3 Å². The van der Waals surface area contributed by atoms with Crippen LogP contribution in [0.25, 0.3) is 0 Å². The number of carbonyl (C=O) groups is 1. The van der Waals surface area contributed by atoms with Gasteiger partial charge in [0.2, 0.25) is 0 Å². The van der Waals surface area contributed by atoms with E-state index in [2.05, 4.69) is 10.1 Å². The molecule has 5 heteroatoms. The Labute approximate surface area is 99.7 Å². The van der Waals surface area contributed by atoms with Crippen LogP contribution < -0.4 is 5.32 Å². The minimum atomic E-state index is -0.931. The summed E-state index contributed by atoms with van der Waals surface area (Å²) in [4.78, 5) is 11.0. The summed E-state index contributed by atoms with van der Waals surface area (Å²) in [6, 6.07) is 6.29. The lowest BCUT2D eigenvalue weighted by Crippen LogP contribution is -2.40. The second-order valence-corrected chi connectivity index (χ2v) is 3.76. The first kappa shape index (κ1) is 13.4. The van der Waals surface area contributed by atoms with Gasteiger partial charge in [0, 0.05) is 12.7 Å². The summed E-state index contributed by atoms with van der Waals surface area (Å²) in [7, 11) is 2.73. The summed E-state index contributed by atoms with van der Waals surface area (Å²) < 4.78 is 23.4. The smallest absolute Gasteiger partial charge is 0.406 e. The fourth-order valence-electron chi connectivity index (χ4n) is 1.48. The number of carbonyl (C=O) groups excluding carboxylic acids is 1. The molecule has 1 rings (SSSR count). The number of methoxy groups -OCH3 is 2. The first-order valence-corrected chi connectivity index (χ1v) is 5.15. The molecule has 94 valence electrons. The van der Waals surface area contributed by atoms with Crippen LogP contribution >= 0.6 is 0 Å². The average molecular weight is 241 g/mol. The Hall–Kier alpha value is -1.62. The number of nitrogens with one attached hydrogen (secondary N) is 1. The Morgan fingerprint density at radius 1 is 1.41 bits per heavy atom. The molecule has 0 heterocycles. The molecule has 0 saturated heterocycles. The van der Waals surface area contributed by atoms with Crippen molar-refractivity contribution >= 4 is 6.09 Å². The number of hydrogen-bond donors (Lipinski definition) is 1. The molecule has 0 aliphatic heterocycles. The minimum absolute atomic E-state index is 0.122. The Kier molecular flexibility index (Phi) is 4.45. The van der Waals surface area contributed by atoms with Gasteiger partial charge in [-0.25, -0.2) is 9.18 Å². The molecule has 1 aromatic rings. The van der Waals surface area contributed by atoms with Crippen LogP contribution in [0, 0.1) is 5.82 Å². The number of amides is 1. The maximum Gasteiger partial charge on any atom is 0.406 e. The van der Waals surface area contributed by atoms with Gasteiger partial charge in [-0.15, -0.1) is 0 Å². The lowest BCUT2D eigenvalue weighted by molar-refractivity contribution is 0.000151. The number of benzene rings is 1. The SMILES string of the molecule is COC(=O)NCC(C)(OC)c1ccccc1F. The van der Waals surface area contributed by atoms with Crippen LogP contribution in [-0.2, 0) is 15.1 Å².